The number of nitrogens with zero attached hydrogens (tertiary/aromatic N) is 6. The molecule has 0 spiro atoms. The number of carbonyl (C=O) groups excluding carboxylic acids is 1. The first-order valence-corrected chi connectivity index (χ1v) is 14.5. The number of hydrogen-bond donors (Lipinski definition) is 3. The van der Waals surface area contributed by atoms with Gasteiger partial charge in [0.2, 0.25) is 0 Å². The molecule has 13 heteroatoms. The minimum atomic E-state index is -4.59. The second-order valence-corrected chi connectivity index (χ2v) is 11.4. The number of nitrogens with one attached hydrogen (secondary N) is 3. The summed E-state index contributed by atoms with van der Waals surface area (Å²) < 4.78 is 43.2. The summed E-state index contributed by atoms with van der Waals surface area (Å²) in [6.07, 6.45) is 1.03. The first-order valence-electron chi connectivity index (χ1n) is 14.5. The topological polar surface area (TPSA) is 103 Å². The van der Waals surface area contributed by atoms with Crippen LogP contribution in [0.15, 0.2) is 55.0 Å². The molecule has 3 N–H and O–H groups in total. The number of piperazine rings is 1. The van der Waals surface area contributed by atoms with Gasteiger partial charge in [-0.25, -0.2) is 9.97 Å². The van der Waals surface area contributed by atoms with Gasteiger partial charge in [0, 0.05) is 74.2 Å². The zero-order valence-corrected chi connectivity index (χ0v) is 24.7. The molecular weight excluding hydrogens is 571 g/mol. The average Bonchev–Trinajstić information content (AvgIpc) is 3.73. The summed E-state index contributed by atoms with van der Waals surface area (Å²) in [4.78, 5) is 26.1. The normalized spacial score (nSPS) is 15.7. The molecule has 1 aliphatic carbocycles. The number of carbonyl (C=O) groups is 1. The fraction of sp³-hybridized carbons (Fsp3) is 0.355. The highest BCUT2D eigenvalue weighted by molar-refractivity contribution is 6.05. The van der Waals surface area contributed by atoms with Gasteiger partial charge in [0.05, 0.1) is 16.8 Å². The van der Waals surface area contributed by atoms with Crippen LogP contribution in [0, 0.1) is 6.92 Å². The fourth-order valence-electron chi connectivity index (χ4n) is 5.11. The predicted molar refractivity (Wildman–Crippen MR) is 164 cm³/mol. The van der Waals surface area contributed by atoms with Crippen molar-refractivity contribution < 1.29 is 18.0 Å². The Labute approximate surface area is 253 Å². The van der Waals surface area contributed by atoms with E-state index in [1.54, 1.807) is 16.8 Å². The molecule has 0 bridgehead atoms. The van der Waals surface area contributed by atoms with E-state index < -0.39 is 17.6 Å². The van der Waals surface area contributed by atoms with Gasteiger partial charge in [-0.2, -0.15) is 18.3 Å². The number of rotatable bonds is 8. The lowest BCUT2D eigenvalue weighted by Crippen LogP contribution is -2.44. The smallest absolute Gasteiger partial charge is 0.369 e. The lowest BCUT2D eigenvalue weighted by atomic mass is 10.1. The van der Waals surface area contributed by atoms with E-state index in [1.165, 1.54) is 12.4 Å². The van der Waals surface area contributed by atoms with Crippen LogP contribution in [0.25, 0.3) is 11.3 Å². The summed E-state index contributed by atoms with van der Waals surface area (Å²) in [7, 11) is 3.79. The van der Waals surface area contributed by atoms with Crippen molar-refractivity contribution in [2.45, 2.75) is 32.0 Å². The van der Waals surface area contributed by atoms with Crippen molar-refractivity contribution in [2.75, 3.05) is 54.1 Å². The molecule has 2 aromatic carbocycles. The van der Waals surface area contributed by atoms with Crippen molar-refractivity contribution in [1.82, 2.24) is 24.6 Å². The van der Waals surface area contributed by atoms with Crippen LogP contribution < -0.4 is 20.9 Å². The minimum Gasteiger partial charge on any atom is -0.369 e. The van der Waals surface area contributed by atoms with E-state index in [1.807, 2.05) is 44.2 Å². The molecule has 4 aromatic rings. The molecule has 1 aliphatic heterocycles. The molecule has 6 rings (SSSR count). The Balaban J connectivity index is 1.24. The van der Waals surface area contributed by atoms with E-state index in [2.05, 4.69) is 35.9 Å². The van der Waals surface area contributed by atoms with Crippen molar-refractivity contribution in [3.8, 4) is 11.3 Å². The summed E-state index contributed by atoms with van der Waals surface area (Å²) >= 11 is 0. The molecule has 0 radical (unpaired) electrons. The third kappa shape index (κ3) is 6.77. The van der Waals surface area contributed by atoms with E-state index in [0.29, 0.717) is 47.7 Å². The molecule has 3 heterocycles. The zero-order chi connectivity index (χ0) is 31.0. The van der Waals surface area contributed by atoms with Gasteiger partial charge in [0.1, 0.15) is 12.1 Å². The molecule has 1 saturated carbocycles. The standard InChI is InChI=1S/C31H34F3N9O/c1-19-4-5-23(38-30(44)20-12-21(31(32,33)34)14-24(13-20)43-10-8-41(2)9-11-43)15-26(19)39-29-25(17-42(3)40-29)27-16-28(36-18-35-27)37-22-6-7-22/h4-5,12-18,22H,6-11H2,1-3H3,(H,38,44)(H,39,40)(H,35,36,37). The molecule has 230 valence electrons. The van der Waals surface area contributed by atoms with Crippen LogP contribution in [-0.4, -0.2) is 69.8 Å². The van der Waals surface area contributed by atoms with Gasteiger partial charge in [-0.3, -0.25) is 9.48 Å². The Bertz CT molecular complexity index is 1670. The molecule has 2 aliphatic rings. The Morgan fingerprint density at radius 1 is 0.977 bits per heavy atom. The van der Waals surface area contributed by atoms with Crippen molar-refractivity contribution >= 4 is 34.6 Å². The number of halogens is 3. The van der Waals surface area contributed by atoms with Crippen LogP contribution in [0.1, 0.15) is 34.3 Å². The third-order valence-corrected chi connectivity index (χ3v) is 7.83. The number of amides is 1. The first kappa shape index (κ1) is 29.4. The Kier molecular flexibility index (Phi) is 7.89. The molecule has 1 amide bonds. The van der Waals surface area contributed by atoms with Gasteiger partial charge in [-0.15, -0.1) is 0 Å². The third-order valence-electron chi connectivity index (χ3n) is 7.83. The van der Waals surface area contributed by atoms with E-state index in [9.17, 15) is 18.0 Å². The van der Waals surface area contributed by atoms with Gasteiger partial charge >= 0.3 is 6.18 Å². The largest absolute Gasteiger partial charge is 0.416 e. The number of aryl methyl sites for hydroxylation is 2. The van der Waals surface area contributed by atoms with Crippen molar-refractivity contribution in [3.63, 3.8) is 0 Å². The van der Waals surface area contributed by atoms with Crippen LogP contribution >= 0.6 is 0 Å². The number of aromatic nitrogens is 4. The van der Waals surface area contributed by atoms with Gasteiger partial charge in [-0.1, -0.05) is 6.07 Å². The van der Waals surface area contributed by atoms with E-state index in [0.717, 1.165) is 55.0 Å². The fourth-order valence-corrected chi connectivity index (χ4v) is 5.11. The van der Waals surface area contributed by atoms with Crippen LogP contribution in [-0.2, 0) is 13.2 Å². The summed E-state index contributed by atoms with van der Waals surface area (Å²) in [5.74, 6) is 0.680. The monoisotopic (exact) mass is 605 g/mol. The predicted octanol–water partition coefficient (Wildman–Crippen LogP) is 5.53. The molecule has 1 saturated heterocycles. The van der Waals surface area contributed by atoms with Gasteiger partial charge in [0.25, 0.3) is 5.91 Å². The van der Waals surface area contributed by atoms with Gasteiger partial charge in [-0.05, 0) is 62.7 Å². The number of hydrogen-bond acceptors (Lipinski definition) is 8. The molecule has 0 atom stereocenters. The van der Waals surface area contributed by atoms with E-state index in [-0.39, 0.29) is 5.56 Å². The second kappa shape index (κ2) is 11.8. The highest BCUT2D eigenvalue weighted by Crippen LogP contribution is 2.35. The zero-order valence-electron chi connectivity index (χ0n) is 24.7. The molecule has 10 nitrogen and oxygen atoms in total. The number of benzene rings is 2. The maximum atomic E-state index is 13.8. The number of anilines is 5. The summed E-state index contributed by atoms with van der Waals surface area (Å²) in [6, 6.07) is 11.1. The van der Waals surface area contributed by atoms with Crippen molar-refractivity contribution in [1.29, 1.82) is 0 Å². The first-order chi connectivity index (χ1) is 21.0. The minimum absolute atomic E-state index is 0.0600. The van der Waals surface area contributed by atoms with E-state index >= 15 is 0 Å². The summed E-state index contributed by atoms with van der Waals surface area (Å²) in [5, 5.41) is 14.1. The van der Waals surface area contributed by atoms with Crippen LogP contribution in [0.3, 0.4) is 0 Å². The van der Waals surface area contributed by atoms with Gasteiger partial charge < -0.3 is 25.8 Å². The molecule has 2 fully saturated rings. The highest BCUT2D eigenvalue weighted by atomic mass is 19.4. The molecule has 0 unspecified atom stereocenters. The van der Waals surface area contributed by atoms with Crippen LogP contribution in [0.5, 0.6) is 0 Å². The number of alkyl halides is 3. The van der Waals surface area contributed by atoms with Crippen LogP contribution in [0.2, 0.25) is 0 Å². The van der Waals surface area contributed by atoms with Crippen LogP contribution in [0.4, 0.5) is 41.9 Å². The van der Waals surface area contributed by atoms with E-state index in [4.69, 9.17) is 0 Å². The highest BCUT2D eigenvalue weighted by Gasteiger charge is 2.33. The van der Waals surface area contributed by atoms with Crippen molar-refractivity contribution in [3.05, 3.63) is 71.7 Å². The lowest BCUT2D eigenvalue weighted by Gasteiger charge is -2.34. The second-order valence-electron chi connectivity index (χ2n) is 11.4. The lowest BCUT2D eigenvalue weighted by molar-refractivity contribution is -0.137. The summed E-state index contributed by atoms with van der Waals surface area (Å²) in [6.45, 7) is 4.52. The maximum absolute atomic E-state index is 13.8. The van der Waals surface area contributed by atoms with Crippen molar-refractivity contribution in [2.24, 2.45) is 7.05 Å². The number of likely N-dealkylation sites (N-methyl/N-ethyl adjacent to an activating group) is 1. The Morgan fingerprint density at radius 3 is 2.48 bits per heavy atom. The maximum Gasteiger partial charge on any atom is 0.416 e. The average molecular weight is 606 g/mol. The molecule has 2 aromatic heterocycles. The van der Waals surface area contributed by atoms with Gasteiger partial charge in [0.15, 0.2) is 5.82 Å². The molecular formula is C31H34F3N9O. The summed E-state index contributed by atoms with van der Waals surface area (Å²) in [5.41, 5.74) is 2.92. The Morgan fingerprint density at radius 2 is 1.75 bits per heavy atom. The SMILES string of the molecule is Cc1ccc(NC(=O)c2cc(N3CCN(C)CC3)cc(C(F)(F)F)c2)cc1Nc1nn(C)cc1-c1cc(NC2CC2)ncn1. The quantitative estimate of drug-likeness (QED) is 0.241. The molecule has 44 heavy (non-hydrogen) atoms. The Hall–Kier alpha value is -4.65.